The molecule has 7 nitrogen and oxygen atoms in total. The average molecular weight is 477 g/mol. The van der Waals surface area contributed by atoms with Crippen LogP contribution in [0.4, 0.5) is 4.79 Å². The number of esters is 1. The van der Waals surface area contributed by atoms with Crippen molar-refractivity contribution < 1.29 is 32.0 Å². The first-order valence-corrected chi connectivity index (χ1v) is 19.5. The van der Waals surface area contributed by atoms with Crippen LogP contribution in [-0.2, 0) is 27.2 Å². The molecule has 0 spiro atoms. The summed E-state index contributed by atoms with van der Waals surface area (Å²) in [5.74, 6) is -0.237. The van der Waals surface area contributed by atoms with Crippen LogP contribution in [0.2, 0.25) is 51.4 Å². The standard InChI is InChI=1S/C20H40O7Si3/c1-9-23-19(21)15-11-13-17-28(3,4)26-30(7,8)27-29(5,6)18-14-12-16-25-20(22)24-10-2/h9-10H,1-2,11-18H2,3-8H3. The zero-order chi connectivity index (χ0) is 23.3. The van der Waals surface area contributed by atoms with Gasteiger partial charge in [-0.1, -0.05) is 26.0 Å². The molecule has 0 aromatic rings. The largest absolute Gasteiger partial charge is 0.513 e. The van der Waals surface area contributed by atoms with Crippen molar-refractivity contribution in [3.63, 3.8) is 0 Å². The maximum atomic E-state index is 11.4. The normalized spacial score (nSPS) is 12.2. The first-order valence-electron chi connectivity index (χ1n) is 10.5. The van der Waals surface area contributed by atoms with E-state index in [1.807, 2.05) is 0 Å². The van der Waals surface area contributed by atoms with E-state index in [0.717, 1.165) is 44.0 Å². The summed E-state index contributed by atoms with van der Waals surface area (Å²) in [6, 6.07) is 1.95. The number of hydrogen-bond acceptors (Lipinski definition) is 7. The Bertz CT molecular complexity index is 563. The second-order valence-corrected chi connectivity index (χ2v) is 21.3. The Hall–Kier alpha value is -1.21. The minimum absolute atomic E-state index is 0.237. The lowest BCUT2D eigenvalue weighted by molar-refractivity contribution is -0.138. The number of unbranched alkanes of at least 4 members (excludes halogenated alkanes) is 2. The molecule has 10 heteroatoms. The predicted molar refractivity (Wildman–Crippen MR) is 126 cm³/mol. The summed E-state index contributed by atoms with van der Waals surface area (Å²) in [6.45, 7) is 20.1. The lowest BCUT2D eigenvalue weighted by Crippen LogP contribution is -2.52. The monoisotopic (exact) mass is 476 g/mol. The molecule has 0 aromatic heterocycles. The molecule has 0 unspecified atom stereocenters. The van der Waals surface area contributed by atoms with Gasteiger partial charge >= 0.3 is 20.7 Å². The summed E-state index contributed by atoms with van der Waals surface area (Å²) < 4.78 is 27.3. The van der Waals surface area contributed by atoms with Crippen molar-refractivity contribution >= 4 is 37.3 Å². The average Bonchev–Trinajstić information content (AvgIpc) is 2.56. The van der Waals surface area contributed by atoms with E-state index in [1.165, 1.54) is 6.26 Å². The molecule has 30 heavy (non-hydrogen) atoms. The summed E-state index contributed by atoms with van der Waals surface area (Å²) in [4.78, 5) is 22.5. The summed E-state index contributed by atoms with van der Waals surface area (Å²) in [5.41, 5.74) is 0. The molecule has 0 heterocycles. The molecule has 0 fully saturated rings. The number of carbonyl (C=O) groups is 2. The van der Waals surface area contributed by atoms with Crippen molar-refractivity contribution in [1.29, 1.82) is 0 Å². The van der Waals surface area contributed by atoms with Gasteiger partial charge < -0.3 is 22.4 Å². The molecule has 0 saturated carbocycles. The second-order valence-electron chi connectivity index (χ2n) is 8.83. The first kappa shape index (κ1) is 28.8. The van der Waals surface area contributed by atoms with Gasteiger partial charge in [-0.15, -0.1) is 0 Å². The minimum atomic E-state index is -2.26. The molecule has 0 radical (unpaired) electrons. The Kier molecular flexibility index (Phi) is 13.4. The van der Waals surface area contributed by atoms with Gasteiger partial charge in [0.15, 0.2) is 16.6 Å². The molecule has 0 rings (SSSR count). The SMILES string of the molecule is C=COC(=O)CCCC[Si](C)(C)O[Si](C)(C)O[Si](C)(C)CCCCOC(=O)OC=C. The van der Waals surface area contributed by atoms with Crippen molar-refractivity contribution in [1.82, 2.24) is 0 Å². The Morgan fingerprint density at radius 1 is 0.767 bits per heavy atom. The fourth-order valence-electron chi connectivity index (χ4n) is 3.34. The Labute approximate surface area is 185 Å². The summed E-state index contributed by atoms with van der Waals surface area (Å²) in [7, 11) is -6.04. The molecule has 0 saturated heterocycles. The van der Waals surface area contributed by atoms with Gasteiger partial charge in [-0.2, -0.15) is 0 Å². The predicted octanol–water partition coefficient (Wildman–Crippen LogP) is 6.07. The summed E-state index contributed by atoms with van der Waals surface area (Å²) >= 11 is 0. The van der Waals surface area contributed by atoms with E-state index in [0.29, 0.717) is 13.0 Å². The smallest absolute Gasteiger partial charge is 0.437 e. The number of ether oxygens (including phenoxy) is 3. The van der Waals surface area contributed by atoms with Crippen LogP contribution in [0.1, 0.15) is 32.1 Å². The molecule has 0 N–H and O–H groups in total. The van der Waals surface area contributed by atoms with Crippen LogP contribution in [-0.4, -0.2) is 43.9 Å². The van der Waals surface area contributed by atoms with Crippen LogP contribution in [0.3, 0.4) is 0 Å². The fraction of sp³-hybridized carbons (Fsp3) is 0.700. The Balaban J connectivity index is 4.31. The van der Waals surface area contributed by atoms with Crippen molar-refractivity contribution in [2.75, 3.05) is 6.61 Å². The maximum Gasteiger partial charge on any atom is 0.513 e. The quantitative estimate of drug-likeness (QED) is 0.116. The molecule has 0 aliphatic heterocycles. The molecule has 0 aromatic carbocycles. The van der Waals surface area contributed by atoms with E-state index >= 15 is 0 Å². The van der Waals surface area contributed by atoms with E-state index in [4.69, 9.17) is 17.7 Å². The Morgan fingerprint density at radius 2 is 1.27 bits per heavy atom. The molecular formula is C20H40O7Si3. The van der Waals surface area contributed by atoms with Crippen molar-refractivity contribution in [2.45, 2.75) is 83.5 Å². The van der Waals surface area contributed by atoms with Crippen molar-refractivity contribution in [3.8, 4) is 0 Å². The number of rotatable bonds is 16. The lowest BCUT2D eigenvalue weighted by atomic mass is 10.2. The van der Waals surface area contributed by atoms with E-state index in [-0.39, 0.29) is 5.97 Å². The first-order chi connectivity index (χ1) is 13.8. The molecular weight excluding hydrogens is 436 g/mol. The third kappa shape index (κ3) is 15.6. The highest BCUT2D eigenvalue weighted by atomic mass is 28.5. The molecule has 0 bridgehead atoms. The zero-order valence-electron chi connectivity index (χ0n) is 19.6. The van der Waals surface area contributed by atoms with E-state index < -0.39 is 31.4 Å². The van der Waals surface area contributed by atoms with Gasteiger partial charge in [0.1, 0.15) is 0 Å². The van der Waals surface area contributed by atoms with Crippen LogP contribution in [0.25, 0.3) is 0 Å². The van der Waals surface area contributed by atoms with Gasteiger partial charge in [-0.3, -0.25) is 4.79 Å². The third-order valence-corrected chi connectivity index (χ3v) is 15.7. The number of hydrogen-bond donors (Lipinski definition) is 0. The lowest BCUT2D eigenvalue weighted by Gasteiger charge is -2.38. The van der Waals surface area contributed by atoms with Crippen LogP contribution in [0.15, 0.2) is 25.7 Å². The molecule has 0 amide bonds. The van der Waals surface area contributed by atoms with Crippen LogP contribution < -0.4 is 0 Å². The highest BCUT2D eigenvalue weighted by Gasteiger charge is 2.39. The fourth-order valence-corrected chi connectivity index (χ4v) is 17.5. The summed E-state index contributed by atoms with van der Waals surface area (Å²) in [6.07, 6.45) is 5.33. The van der Waals surface area contributed by atoms with Crippen LogP contribution in [0, 0.1) is 0 Å². The van der Waals surface area contributed by atoms with Gasteiger partial charge in [-0.25, -0.2) is 4.79 Å². The van der Waals surface area contributed by atoms with E-state index in [1.54, 1.807) is 0 Å². The third-order valence-electron chi connectivity index (χ3n) is 4.24. The van der Waals surface area contributed by atoms with Crippen LogP contribution >= 0.6 is 0 Å². The second kappa shape index (κ2) is 14.0. The highest BCUT2D eigenvalue weighted by Crippen LogP contribution is 2.27. The molecule has 174 valence electrons. The maximum absolute atomic E-state index is 11.4. The topological polar surface area (TPSA) is 80.3 Å². The van der Waals surface area contributed by atoms with Gasteiger partial charge in [0.2, 0.25) is 0 Å². The minimum Gasteiger partial charge on any atom is -0.437 e. The van der Waals surface area contributed by atoms with Crippen molar-refractivity contribution in [3.05, 3.63) is 25.7 Å². The molecule has 0 atom stereocenters. The van der Waals surface area contributed by atoms with Gasteiger partial charge in [0, 0.05) is 6.42 Å². The molecule has 0 aliphatic rings. The van der Waals surface area contributed by atoms with Gasteiger partial charge in [0.05, 0.1) is 19.1 Å². The van der Waals surface area contributed by atoms with Gasteiger partial charge in [0.25, 0.3) is 0 Å². The number of carbonyl (C=O) groups excluding carboxylic acids is 2. The summed E-state index contributed by atoms with van der Waals surface area (Å²) in [5, 5.41) is 0. The Morgan fingerprint density at radius 3 is 1.77 bits per heavy atom. The molecule has 0 aliphatic carbocycles. The zero-order valence-corrected chi connectivity index (χ0v) is 22.6. The van der Waals surface area contributed by atoms with Crippen molar-refractivity contribution in [2.24, 2.45) is 0 Å². The highest BCUT2D eigenvalue weighted by molar-refractivity contribution is 6.87. The van der Waals surface area contributed by atoms with Crippen LogP contribution in [0.5, 0.6) is 0 Å². The van der Waals surface area contributed by atoms with Gasteiger partial charge in [-0.05, 0) is 64.2 Å². The van der Waals surface area contributed by atoms with E-state index in [9.17, 15) is 9.59 Å². The van der Waals surface area contributed by atoms with E-state index in [2.05, 4.69) is 57.2 Å².